The summed E-state index contributed by atoms with van der Waals surface area (Å²) in [6.45, 7) is 0. The molecule has 0 aliphatic carbocycles. The van der Waals surface area contributed by atoms with Crippen LogP contribution in [0.4, 0.5) is 19.0 Å². The topological polar surface area (TPSA) is 81.9 Å². The van der Waals surface area contributed by atoms with Crippen molar-refractivity contribution in [1.29, 1.82) is 0 Å². The van der Waals surface area contributed by atoms with Crippen LogP contribution in [0.5, 0.6) is 5.75 Å². The van der Waals surface area contributed by atoms with E-state index >= 15 is 0 Å². The van der Waals surface area contributed by atoms with Gasteiger partial charge in [0.1, 0.15) is 11.6 Å². The van der Waals surface area contributed by atoms with Crippen molar-refractivity contribution in [2.75, 3.05) is 12.4 Å². The van der Waals surface area contributed by atoms with E-state index in [4.69, 9.17) is 4.74 Å². The molecule has 1 N–H and O–H groups in total. The number of benzene rings is 1. The quantitative estimate of drug-likeness (QED) is 0.491. The van der Waals surface area contributed by atoms with Crippen molar-refractivity contribution < 1.29 is 22.7 Å². The Morgan fingerprint density at radius 2 is 1.91 bits per heavy atom. The van der Waals surface area contributed by atoms with Gasteiger partial charge in [-0.1, -0.05) is 6.07 Å². The molecule has 1 amide bonds. The lowest BCUT2D eigenvalue weighted by atomic mass is 10.2. The molecule has 0 radical (unpaired) electrons. The van der Waals surface area contributed by atoms with Crippen LogP contribution in [0, 0.1) is 0 Å². The number of pyridine rings is 2. The molecule has 0 fully saturated rings. The molecule has 162 valence electrons. The third kappa shape index (κ3) is 4.43. The lowest BCUT2D eigenvalue weighted by Gasteiger charge is -2.09. The third-order valence-corrected chi connectivity index (χ3v) is 4.52. The van der Waals surface area contributed by atoms with E-state index in [9.17, 15) is 18.0 Å². The van der Waals surface area contributed by atoms with Crippen molar-refractivity contribution in [2.24, 2.45) is 0 Å². The van der Waals surface area contributed by atoms with E-state index in [-0.39, 0.29) is 11.5 Å². The van der Waals surface area contributed by atoms with Crippen LogP contribution >= 0.6 is 0 Å². The third-order valence-electron chi connectivity index (χ3n) is 4.52. The number of nitrogens with zero attached hydrogens (tertiary/aromatic N) is 4. The summed E-state index contributed by atoms with van der Waals surface area (Å²) in [5.41, 5.74) is 0.299. The first-order valence-corrected chi connectivity index (χ1v) is 9.34. The Labute approximate surface area is 180 Å². The summed E-state index contributed by atoms with van der Waals surface area (Å²) in [5.74, 6) is 0.356. The van der Waals surface area contributed by atoms with Gasteiger partial charge in [0, 0.05) is 23.5 Å². The number of nitrogens with one attached hydrogen (secondary N) is 1. The van der Waals surface area contributed by atoms with E-state index in [1.807, 2.05) is 0 Å². The maximum atomic E-state index is 13.3. The SMILES string of the molecule is COc1cccc(C(=O)Nc2ccc(-n3nc(C(F)(F)F)cc3-c3cccnc3)cn2)c1. The van der Waals surface area contributed by atoms with Crippen molar-refractivity contribution in [3.63, 3.8) is 0 Å². The molecule has 0 aliphatic heterocycles. The molecule has 3 aromatic heterocycles. The number of aromatic nitrogens is 4. The second kappa shape index (κ2) is 8.50. The Hall–Kier alpha value is -4.21. The zero-order valence-electron chi connectivity index (χ0n) is 16.7. The van der Waals surface area contributed by atoms with Crippen LogP contribution in [0.15, 0.2) is 73.2 Å². The number of rotatable bonds is 5. The molecule has 3 heterocycles. The predicted octanol–water partition coefficient (Wildman–Crippen LogP) is 4.61. The van der Waals surface area contributed by atoms with Gasteiger partial charge in [-0.15, -0.1) is 0 Å². The van der Waals surface area contributed by atoms with Gasteiger partial charge >= 0.3 is 6.18 Å². The minimum absolute atomic E-state index is 0.209. The van der Waals surface area contributed by atoms with E-state index in [0.29, 0.717) is 22.6 Å². The average molecular weight is 439 g/mol. The number of halogens is 3. The number of carbonyl (C=O) groups is 1. The van der Waals surface area contributed by atoms with Crippen molar-refractivity contribution in [3.05, 3.63) is 84.4 Å². The summed E-state index contributed by atoms with van der Waals surface area (Å²) in [6, 6.07) is 13.8. The first kappa shape index (κ1) is 21.0. The monoisotopic (exact) mass is 439 g/mol. The van der Waals surface area contributed by atoms with Crippen molar-refractivity contribution >= 4 is 11.7 Å². The number of amides is 1. The number of anilines is 1. The zero-order valence-corrected chi connectivity index (χ0v) is 16.7. The summed E-state index contributed by atoms with van der Waals surface area (Å²) in [5, 5.41) is 6.35. The van der Waals surface area contributed by atoms with Gasteiger partial charge in [-0.05, 0) is 48.5 Å². The van der Waals surface area contributed by atoms with Gasteiger partial charge in [0.25, 0.3) is 5.91 Å². The van der Waals surface area contributed by atoms with Gasteiger partial charge < -0.3 is 10.1 Å². The normalized spacial score (nSPS) is 11.2. The molecular formula is C22H16F3N5O2. The maximum absolute atomic E-state index is 13.3. The largest absolute Gasteiger partial charge is 0.497 e. The Bertz CT molecular complexity index is 1240. The lowest BCUT2D eigenvalue weighted by Crippen LogP contribution is -2.13. The van der Waals surface area contributed by atoms with Gasteiger partial charge in [0.2, 0.25) is 0 Å². The molecule has 10 heteroatoms. The highest BCUT2D eigenvalue weighted by Crippen LogP contribution is 2.33. The minimum atomic E-state index is -4.61. The van der Waals surface area contributed by atoms with Crippen molar-refractivity contribution in [3.8, 4) is 22.7 Å². The highest BCUT2D eigenvalue weighted by molar-refractivity contribution is 6.04. The standard InChI is InChI=1S/C22H16F3N5O2/c1-32-17-6-2-4-14(10-17)21(31)28-20-8-7-16(13-27-20)30-18(15-5-3-9-26-12-15)11-19(29-30)22(23,24)25/h2-13H,1H3,(H,27,28,31). The fourth-order valence-corrected chi connectivity index (χ4v) is 2.97. The van der Waals surface area contributed by atoms with Crippen LogP contribution in [-0.2, 0) is 6.18 Å². The van der Waals surface area contributed by atoms with Gasteiger partial charge in [0.05, 0.1) is 24.7 Å². The second-order valence-electron chi connectivity index (χ2n) is 6.65. The zero-order chi connectivity index (χ0) is 22.7. The summed E-state index contributed by atoms with van der Waals surface area (Å²) in [7, 11) is 1.50. The molecule has 4 rings (SSSR count). The van der Waals surface area contributed by atoms with E-state index in [1.54, 1.807) is 36.4 Å². The van der Waals surface area contributed by atoms with Crippen molar-refractivity contribution in [2.45, 2.75) is 6.18 Å². The molecule has 0 atom stereocenters. The first-order chi connectivity index (χ1) is 15.3. The van der Waals surface area contributed by atoms with E-state index < -0.39 is 17.8 Å². The predicted molar refractivity (Wildman–Crippen MR) is 111 cm³/mol. The first-order valence-electron chi connectivity index (χ1n) is 9.34. The van der Waals surface area contributed by atoms with Crippen molar-refractivity contribution in [1.82, 2.24) is 19.7 Å². The maximum Gasteiger partial charge on any atom is 0.435 e. The lowest BCUT2D eigenvalue weighted by molar-refractivity contribution is -0.141. The Kier molecular flexibility index (Phi) is 5.59. The molecule has 0 bridgehead atoms. The number of carbonyl (C=O) groups excluding carboxylic acids is 1. The second-order valence-corrected chi connectivity index (χ2v) is 6.65. The fraction of sp³-hybridized carbons (Fsp3) is 0.0909. The Morgan fingerprint density at radius 1 is 1.06 bits per heavy atom. The molecule has 0 saturated heterocycles. The summed E-state index contributed by atoms with van der Waals surface area (Å²) < 4.78 is 46.1. The van der Waals surface area contributed by atoms with Crippen LogP contribution in [0.1, 0.15) is 16.1 Å². The number of hydrogen-bond donors (Lipinski definition) is 1. The Balaban J connectivity index is 1.62. The summed E-state index contributed by atoms with van der Waals surface area (Å²) in [6.07, 6.45) is -0.311. The fourth-order valence-electron chi connectivity index (χ4n) is 2.97. The van der Waals surface area contributed by atoms with Crippen LogP contribution < -0.4 is 10.1 Å². The van der Waals surface area contributed by atoms with Gasteiger partial charge in [-0.3, -0.25) is 9.78 Å². The summed E-state index contributed by atoms with van der Waals surface area (Å²) in [4.78, 5) is 20.5. The van der Waals surface area contributed by atoms with E-state index in [0.717, 1.165) is 10.7 Å². The molecule has 0 spiro atoms. The molecule has 0 aliphatic rings. The summed E-state index contributed by atoms with van der Waals surface area (Å²) >= 11 is 0. The molecular weight excluding hydrogens is 423 g/mol. The molecule has 7 nitrogen and oxygen atoms in total. The number of methoxy groups -OCH3 is 1. The Morgan fingerprint density at radius 3 is 2.56 bits per heavy atom. The van der Waals surface area contributed by atoms with Crippen LogP contribution in [0.3, 0.4) is 0 Å². The van der Waals surface area contributed by atoms with Gasteiger partial charge in [-0.2, -0.15) is 18.3 Å². The minimum Gasteiger partial charge on any atom is -0.497 e. The van der Waals surface area contributed by atoms with Gasteiger partial charge in [0.15, 0.2) is 5.69 Å². The molecule has 0 unspecified atom stereocenters. The molecule has 32 heavy (non-hydrogen) atoms. The average Bonchev–Trinajstić information content (AvgIpc) is 3.26. The molecule has 1 aromatic carbocycles. The van der Waals surface area contributed by atoms with Crippen LogP contribution in [0.2, 0.25) is 0 Å². The number of hydrogen-bond acceptors (Lipinski definition) is 5. The van der Waals surface area contributed by atoms with Crippen LogP contribution in [-0.4, -0.2) is 32.8 Å². The molecule has 4 aromatic rings. The number of ether oxygens (including phenoxy) is 1. The highest BCUT2D eigenvalue weighted by Gasteiger charge is 2.35. The van der Waals surface area contributed by atoms with E-state index in [1.165, 1.54) is 37.8 Å². The molecule has 0 saturated carbocycles. The highest BCUT2D eigenvalue weighted by atomic mass is 19.4. The smallest absolute Gasteiger partial charge is 0.435 e. The van der Waals surface area contributed by atoms with Crippen LogP contribution in [0.25, 0.3) is 16.9 Å². The van der Waals surface area contributed by atoms with Gasteiger partial charge in [-0.25, -0.2) is 9.67 Å². The number of alkyl halides is 3. The van der Waals surface area contributed by atoms with E-state index in [2.05, 4.69) is 20.4 Å².